The molecule has 0 N–H and O–H groups in total. The summed E-state index contributed by atoms with van der Waals surface area (Å²) in [6, 6.07) is 14.4. The van der Waals surface area contributed by atoms with Crippen LogP contribution in [-0.2, 0) is 16.7 Å². The van der Waals surface area contributed by atoms with Gasteiger partial charge < -0.3 is 13.5 Å². The number of hydrogen-bond acceptors (Lipinski definition) is 5. The van der Waals surface area contributed by atoms with Gasteiger partial charge in [0.1, 0.15) is 16.5 Å². The van der Waals surface area contributed by atoms with Crippen molar-refractivity contribution in [3.05, 3.63) is 84.1 Å². The van der Waals surface area contributed by atoms with Gasteiger partial charge in [0.2, 0.25) is 0 Å². The Balaban J connectivity index is 1.52. The number of nitrogens with zero attached hydrogens (tertiary/aromatic N) is 1. The molecule has 1 aromatic heterocycles. The van der Waals surface area contributed by atoms with Crippen molar-refractivity contribution in [2.75, 3.05) is 0 Å². The van der Waals surface area contributed by atoms with Gasteiger partial charge in [0, 0.05) is 12.6 Å². The van der Waals surface area contributed by atoms with Crippen LogP contribution in [0.1, 0.15) is 29.0 Å². The second kappa shape index (κ2) is 7.71. The summed E-state index contributed by atoms with van der Waals surface area (Å²) in [5.74, 6) is -0.355. The SMILES string of the molecule is O=C(c1ccco1)N(Cc1cccc(OS(=O)(=O)c2ccc(F)cc2)c1)C1CC1. The second-order valence-electron chi connectivity index (χ2n) is 6.78. The lowest BCUT2D eigenvalue weighted by Crippen LogP contribution is -2.32. The molecule has 6 nitrogen and oxygen atoms in total. The highest BCUT2D eigenvalue weighted by molar-refractivity contribution is 7.87. The highest BCUT2D eigenvalue weighted by Crippen LogP contribution is 2.30. The van der Waals surface area contributed by atoms with Crippen LogP contribution in [0.3, 0.4) is 0 Å². The Hall–Kier alpha value is -3.13. The summed E-state index contributed by atoms with van der Waals surface area (Å²) in [5, 5.41) is 0. The number of furan rings is 1. The van der Waals surface area contributed by atoms with Crippen molar-refractivity contribution in [1.82, 2.24) is 4.90 Å². The normalized spacial score (nSPS) is 13.8. The lowest BCUT2D eigenvalue weighted by Gasteiger charge is -2.21. The number of amides is 1. The van der Waals surface area contributed by atoms with Gasteiger partial charge in [-0.2, -0.15) is 8.42 Å². The van der Waals surface area contributed by atoms with E-state index in [1.54, 1.807) is 35.2 Å². The molecule has 0 radical (unpaired) electrons. The number of carbonyl (C=O) groups excluding carboxylic acids is 1. The average molecular weight is 415 g/mol. The standard InChI is InChI=1S/C21H18FNO5S/c22-16-6-10-19(11-7-16)29(25,26)28-18-4-1-3-15(13-18)14-23(17-8-9-17)21(24)20-5-2-12-27-20/h1-7,10-13,17H,8-9,14H2. The molecule has 8 heteroatoms. The Morgan fingerprint density at radius 1 is 1.10 bits per heavy atom. The molecule has 0 spiro atoms. The average Bonchev–Trinajstić information content (AvgIpc) is 3.38. The molecule has 0 aliphatic heterocycles. The van der Waals surface area contributed by atoms with Crippen molar-refractivity contribution in [3.63, 3.8) is 0 Å². The quantitative estimate of drug-likeness (QED) is 0.546. The summed E-state index contributed by atoms with van der Waals surface area (Å²) in [6.45, 7) is 0.304. The van der Waals surface area contributed by atoms with Gasteiger partial charge >= 0.3 is 10.1 Å². The highest BCUT2D eigenvalue weighted by Gasteiger charge is 2.34. The van der Waals surface area contributed by atoms with E-state index in [4.69, 9.17) is 8.60 Å². The Bertz CT molecular complexity index is 1110. The summed E-state index contributed by atoms with van der Waals surface area (Å²) >= 11 is 0. The van der Waals surface area contributed by atoms with Gasteiger partial charge in [-0.25, -0.2) is 4.39 Å². The molecule has 1 aliphatic carbocycles. The summed E-state index contributed by atoms with van der Waals surface area (Å²) < 4.78 is 48.3. The van der Waals surface area contributed by atoms with Gasteiger partial charge in [0.05, 0.1) is 6.26 Å². The fourth-order valence-electron chi connectivity index (χ4n) is 2.96. The van der Waals surface area contributed by atoms with Gasteiger partial charge in [-0.1, -0.05) is 12.1 Å². The first-order chi connectivity index (χ1) is 13.9. The molecule has 0 bridgehead atoms. The van der Waals surface area contributed by atoms with E-state index in [1.807, 2.05) is 0 Å². The predicted molar refractivity (Wildman–Crippen MR) is 102 cm³/mol. The van der Waals surface area contributed by atoms with E-state index in [0.717, 1.165) is 42.7 Å². The molecule has 3 aromatic rings. The first-order valence-corrected chi connectivity index (χ1v) is 10.5. The Morgan fingerprint density at radius 2 is 1.86 bits per heavy atom. The third kappa shape index (κ3) is 4.48. The zero-order valence-electron chi connectivity index (χ0n) is 15.3. The topological polar surface area (TPSA) is 76.8 Å². The smallest absolute Gasteiger partial charge is 0.339 e. The molecule has 1 heterocycles. The summed E-state index contributed by atoms with van der Waals surface area (Å²) in [4.78, 5) is 14.3. The van der Waals surface area contributed by atoms with E-state index >= 15 is 0 Å². The number of rotatable bonds is 7. The molecule has 4 rings (SSSR count). The molecule has 1 aliphatic rings. The van der Waals surface area contributed by atoms with E-state index < -0.39 is 15.9 Å². The third-order valence-corrected chi connectivity index (χ3v) is 5.80. The molecule has 0 unspecified atom stereocenters. The first kappa shape index (κ1) is 19.2. The van der Waals surface area contributed by atoms with Gasteiger partial charge in [-0.15, -0.1) is 0 Å². The fraction of sp³-hybridized carbons (Fsp3) is 0.190. The van der Waals surface area contributed by atoms with Gasteiger partial charge in [0.25, 0.3) is 5.91 Å². The first-order valence-electron chi connectivity index (χ1n) is 9.06. The van der Waals surface area contributed by atoms with E-state index in [0.29, 0.717) is 6.54 Å². The van der Waals surface area contributed by atoms with Gasteiger partial charge in [0.15, 0.2) is 5.76 Å². The van der Waals surface area contributed by atoms with Crippen LogP contribution in [0.15, 0.2) is 76.2 Å². The maximum Gasteiger partial charge on any atom is 0.339 e. The number of carbonyl (C=O) groups is 1. The maximum atomic E-state index is 13.0. The second-order valence-corrected chi connectivity index (χ2v) is 8.33. The van der Waals surface area contributed by atoms with Crippen LogP contribution in [0.25, 0.3) is 0 Å². The van der Waals surface area contributed by atoms with Crippen molar-refractivity contribution < 1.29 is 26.2 Å². The van der Waals surface area contributed by atoms with E-state index in [2.05, 4.69) is 0 Å². The number of benzene rings is 2. The van der Waals surface area contributed by atoms with Crippen LogP contribution in [0.4, 0.5) is 4.39 Å². The number of hydrogen-bond donors (Lipinski definition) is 0. The predicted octanol–water partition coefficient (Wildman–Crippen LogP) is 3.99. The van der Waals surface area contributed by atoms with Crippen LogP contribution >= 0.6 is 0 Å². The van der Waals surface area contributed by atoms with Crippen molar-refractivity contribution >= 4 is 16.0 Å². The molecule has 2 aromatic carbocycles. The Kier molecular flexibility index (Phi) is 5.10. The van der Waals surface area contributed by atoms with Crippen molar-refractivity contribution in [3.8, 4) is 5.75 Å². The minimum atomic E-state index is -4.09. The molecule has 0 saturated heterocycles. The molecule has 29 heavy (non-hydrogen) atoms. The minimum absolute atomic E-state index is 0.119. The number of halogens is 1. The maximum absolute atomic E-state index is 13.0. The van der Waals surface area contributed by atoms with Crippen LogP contribution in [-0.4, -0.2) is 25.3 Å². The lowest BCUT2D eigenvalue weighted by atomic mass is 10.2. The molecular formula is C21H18FNO5S. The molecule has 1 amide bonds. The highest BCUT2D eigenvalue weighted by atomic mass is 32.2. The molecule has 1 saturated carbocycles. The van der Waals surface area contributed by atoms with Crippen molar-refractivity contribution in [2.45, 2.75) is 30.3 Å². The van der Waals surface area contributed by atoms with Gasteiger partial charge in [-0.3, -0.25) is 4.79 Å². The minimum Gasteiger partial charge on any atom is -0.459 e. The monoisotopic (exact) mass is 415 g/mol. The Morgan fingerprint density at radius 3 is 2.52 bits per heavy atom. The molecule has 0 atom stereocenters. The molecule has 150 valence electrons. The van der Waals surface area contributed by atoms with Crippen molar-refractivity contribution in [1.29, 1.82) is 0 Å². The Labute approximate surface area is 167 Å². The van der Waals surface area contributed by atoms with E-state index in [-0.39, 0.29) is 28.4 Å². The van der Waals surface area contributed by atoms with Crippen molar-refractivity contribution in [2.24, 2.45) is 0 Å². The third-order valence-electron chi connectivity index (χ3n) is 4.54. The summed E-state index contributed by atoms with van der Waals surface area (Å²) in [5.41, 5.74) is 0.726. The van der Waals surface area contributed by atoms with Gasteiger partial charge in [-0.05, 0) is 66.9 Å². The van der Waals surface area contributed by atoms with Crippen LogP contribution in [0.5, 0.6) is 5.75 Å². The summed E-state index contributed by atoms with van der Waals surface area (Å²) in [7, 11) is -4.09. The van der Waals surface area contributed by atoms with Crippen LogP contribution < -0.4 is 4.18 Å². The fourth-order valence-corrected chi connectivity index (χ4v) is 3.89. The zero-order valence-corrected chi connectivity index (χ0v) is 16.1. The van der Waals surface area contributed by atoms with E-state index in [9.17, 15) is 17.6 Å². The van der Waals surface area contributed by atoms with E-state index in [1.165, 1.54) is 12.3 Å². The lowest BCUT2D eigenvalue weighted by molar-refractivity contribution is 0.0697. The molecular weight excluding hydrogens is 397 g/mol. The van der Waals surface area contributed by atoms with Crippen LogP contribution in [0, 0.1) is 5.82 Å². The van der Waals surface area contributed by atoms with Crippen LogP contribution in [0.2, 0.25) is 0 Å². The molecule has 1 fully saturated rings. The zero-order chi connectivity index (χ0) is 20.4. The summed E-state index contributed by atoms with van der Waals surface area (Å²) in [6.07, 6.45) is 3.29. The largest absolute Gasteiger partial charge is 0.459 e.